The molecule has 7 heteroatoms. The molecule has 2 saturated heterocycles. The summed E-state index contributed by atoms with van der Waals surface area (Å²) in [7, 11) is 2.06. The lowest BCUT2D eigenvalue weighted by Crippen LogP contribution is -2.43. The molecule has 1 amide bonds. The van der Waals surface area contributed by atoms with Crippen LogP contribution in [0.5, 0.6) is 0 Å². The lowest BCUT2D eigenvalue weighted by molar-refractivity contribution is -0.121. The van der Waals surface area contributed by atoms with Crippen molar-refractivity contribution in [3.8, 4) is 0 Å². The first-order valence-corrected chi connectivity index (χ1v) is 12.9. The number of amides is 1. The monoisotopic (exact) mass is 468 g/mol. The number of hydrogen-bond donors (Lipinski definition) is 1. The van der Waals surface area contributed by atoms with Gasteiger partial charge in [0.25, 0.3) is 0 Å². The lowest BCUT2D eigenvalue weighted by Gasteiger charge is -2.32. The number of carbonyl (C=O) groups is 2. The zero-order valence-corrected chi connectivity index (χ0v) is 20.1. The van der Waals surface area contributed by atoms with Crippen LogP contribution in [0.3, 0.4) is 0 Å². The smallest absolute Gasteiger partial charge is 0.374 e. The van der Waals surface area contributed by atoms with E-state index in [0.29, 0.717) is 29.9 Å². The third-order valence-electron chi connectivity index (χ3n) is 8.00. The first-order chi connectivity index (χ1) is 16.6. The van der Waals surface area contributed by atoms with Crippen molar-refractivity contribution in [2.75, 3.05) is 38.7 Å². The van der Waals surface area contributed by atoms with E-state index in [1.165, 1.54) is 32.1 Å². The van der Waals surface area contributed by atoms with Crippen LogP contribution in [0.15, 0.2) is 28.7 Å². The van der Waals surface area contributed by atoms with Crippen molar-refractivity contribution in [3.63, 3.8) is 0 Å². The van der Waals surface area contributed by atoms with Crippen LogP contribution in [-0.4, -0.2) is 56.2 Å². The van der Waals surface area contributed by atoms with Gasteiger partial charge in [-0.3, -0.25) is 9.69 Å². The highest BCUT2D eigenvalue weighted by atomic mass is 16.5. The van der Waals surface area contributed by atoms with Crippen molar-refractivity contribution in [3.05, 3.63) is 30.0 Å². The molecule has 2 atom stereocenters. The minimum absolute atomic E-state index is 0.0644. The van der Waals surface area contributed by atoms with Gasteiger partial charge in [-0.25, -0.2) is 4.79 Å². The molecule has 0 radical (unpaired) electrons. The van der Waals surface area contributed by atoms with Crippen molar-refractivity contribution < 1.29 is 23.5 Å². The average molecular weight is 469 g/mol. The Labute approximate surface area is 201 Å². The molecule has 3 heterocycles. The predicted molar refractivity (Wildman–Crippen MR) is 130 cm³/mol. The quantitative estimate of drug-likeness (QED) is 0.610. The number of esters is 1. The van der Waals surface area contributed by atoms with E-state index in [4.69, 9.17) is 13.9 Å². The van der Waals surface area contributed by atoms with Gasteiger partial charge in [-0.2, -0.15) is 0 Å². The second-order valence-electron chi connectivity index (χ2n) is 10.3. The number of benzene rings is 1. The van der Waals surface area contributed by atoms with Crippen LogP contribution < -0.4 is 5.32 Å². The van der Waals surface area contributed by atoms with Gasteiger partial charge in [0.2, 0.25) is 11.7 Å². The molecule has 3 aliphatic rings. The molecule has 1 aliphatic carbocycles. The number of rotatable bonds is 6. The minimum atomic E-state index is -0.448. The summed E-state index contributed by atoms with van der Waals surface area (Å²) in [6, 6.07) is 7.13. The summed E-state index contributed by atoms with van der Waals surface area (Å²) in [4.78, 5) is 28.0. The van der Waals surface area contributed by atoms with Gasteiger partial charge < -0.3 is 19.2 Å². The number of nitrogens with zero attached hydrogens (tertiary/aromatic N) is 1. The summed E-state index contributed by atoms with van der Waals surface area (Å²) in [5.41, 5.74) is 1.33. The van der Waals surface area contributed by atoms with Gasteiger partial charge in [-0.15, -0.1) is 0 Å². The van der Waals surface area contributed by atoms with Gasteiger partial charge in [0, 0.05) is 24.3 Å². The van der Waals surface area contributed by atoms with Crippen molar-refractivity contribution >= 4 is 28.5 Å². The molecule has 2 aromatic rings. The third-order valence-corrected chi connectivity index (χ3v) is 8.00. The van der Waals surface area contributed by atoms with Crippen LogP contribution in [0.4, 0.5) is 5.69 Å². The standard InChI is InChI=1S/C27H36N2O5/c1-29-12-9-22(19-5-3-2-4-6-19)25(29)26(30)28-21-7-8-23-20(15-21)16-24(34-23)27(31)33-17-18-10-13-32-14-11-18/h7-8,15-16,18-19,22,25H,2-6,9-14,17H2,1H3,(H,28,30). The fourth-order valence-electron chi connectivity index (χ4n) is 6.04. The van der Waals surface area contributed by atoms with Gasteiger partial charge in [0.05, 0.1) is 12.6 Å². The number of furan rings is 1. The van der Waals surface area contributed by atoms with E-state index in [1.54, 1.807) is 12.1 Å². The van der Waals surface area contributed by atoms with Gasteiger partial charge >= 0.3 is 5.97 Å². The first kappa shape index (κ1) is 23.4. The molecule has 7 nitrogen and oxygen atoms in total. The number of anilines is 1. The summed E-state index contributed by atoms with van der Waals surface area (Å²) in [6.45, 7) is 2.80. The predicted octanol–water partition coefficient (Wildman–Crippen LogP) is 4.86. The molecule has 3 fully saturated rings. The van der Waals surface area contributed by atoms with E-state index < -0.39 is 5.97 Å². The minimum Gasteiger partial charge on any atom is -0.460 e. The maximum absolute atomic E-state index is 13.3. The van der Waals surface area contributed by atoms with Crippen molar-refractivity contribution in [2.45, 2.75) is 57.4 Å². The summed E-state index contributed by atoms with van der Waals surface area (Å²) in [5.74, 6) is 1.24. The van der Waals surface area contributed by atoms with Crippen LogP contribution in [-0.2, 0) is 14.3 Å². The Hall–Kier alpha value is -2.38. The van der Waals surface area contributed by atoms with Crippen LogP contribution in [0.1, 0.15) is 61.9 Å². The second kappa shape index (κ2) is 10.5. The third kappa shape index (κ3) is 5.15. The average Bonchev–Trinajstić information content (AvgIpc) is 3.47. The fourth-order valence-corrected chi connectivity index (χ4v) is 6.04. The highest BCUT2D eigenvalue weighted by molar-refractivity contribution is 5.98. The van der Waals surface area contributed by atoms with Gasteiger partial charge in [0.15, 0.2) is 0 Å². The molecule has 34 heavy (non-hydrogen) atoms. The zero-order valence-electron chi connectivity index (χ0n) is 20.1. The molecule has 1 aromatic heterocycles. The first-order valence-electron chi connectivity index (χ1n) is 12.9. The van der Waals surface area contributed by atoms with E-state index in [1.807, 2.05) is 12.1 Å². The van der Waals surface area contributed by atoms with Gasteiger partial charge in [-0.1, -0.05) is 32.1 Å². The highest BCUT2D eigenvalue weighted by Gasteiger charge is 2.41. The Morgan fingerprint density at radius 3 is 2.65 bits per heavy atom. The summed E-state index contributed by atoms with van der Waals surface area (Å²) in [6.07, 6.45) is 9.31. The Bertz CT molecular complexity index is 1010. The number of nitrogens with one attached hydrogen (secondary N) is 1. The summed E-state index contributed by atoms with van der Waals surface area (Å²) in [5, 5.41) is 3.91. The lowest BCUT2D eigenvalue weighted by atomic mass is 9.76. The van der Waals surface area contributed by atoms with Crippen molar-refractivity contribution in [2.24, 2.45) is 17.8 Å². The molecule has 1 N–H and O–H groups in total. The van der Waals surface area contributed by atoms with E-state index in [9.17, 15) is 9.59 Å². The highest BCUT2D eigenvalue weighted by Crippen LogP contribution is 2.38. The largest absolute Gasteiger partial charge is 0.460 e. The van der Waals surface area contributed by atoms with Crippen LogP contribution in [0.25, 0.3) is 11.0 Å². The number of fused-ring (bicyclic) bond motifs is 1. The van der Waals surface area contributed by atoms with E-state index in [0.717, 1.165) is 50.1 Å². The maximum Gasteiger partial charge on any atom is 0.374 e. The second-order valence-corrected chi connectivity index (χ2v) is 10.3. The molecule has 1 saturated carbocycles. The Morgan fingerprint density at radius 2 is 1.85 bits per heavy atom. The number of carbonyl (C=O) groups excluding carboxylic acids is 2. The van der Waals surface area contributed by atoms with Crippen molar-refractivity contribution in [1.82, 2.24) is 4.90 Å². The SMILES string of the molecule is CN1CCC(C2CCCCC2)C1C(=O)Nc1ccc2oc(C(=O)OCC3CCOCC3)cc2c1. The van der Waals surface area contributed by atoms with Gasteiger partial charge in [-0.05, 0) is 74.9 Å². The molecule has 2 aliphatic heterocycles. The molecular formula is C27H36N2O5. The van der Waals surface area contributed by atoms with Crippen LogP contribution in [0, 0.1) is 17.8 Å². The maximum atomic E-state index is 13.3. The van der Waals surface area contributed by atoms with E-state index >= 15 is 0 Å². The molecule has 1 aromatic carbocycles. The topological polar surface area (TPSA) is 81.0 Å². The Balaban J connectivity index is 1.23. The Kier molecular flexibility index (Phi) is 7.21. The molecule has 0 spiro atoms. The van der Waals surface area contributed by atoms with E-state index in [-0.39, 0.29) is 17.7 Å². The number of likely N-dealkylation sites (tertiary alicyclic amines) is 1. The van der Waals surface area contributed by atoms with E-state index in [2.05, 4.69) is 17.3 Å². The van der Waals surface area contributed by atoms with Crippen LogP contribution >= 0.6 is 0 Å². The number of likely N-dealkylation sites (N-methyl/N-ethyl adjacent to an activating group) is 1. The molecule has 184 valence electrons. The van der Waals surface area contributed by atoms with Gasteiger partial charge in [0.1, 0.15) is 5.58 Å². The normalized spacial score (nSPS) is 25.0. The molecule has 5 rings (SSSR count). The summed E-state index contributed by atoms with van der Waals surface area (Å²) >= 11 is 0. The summed E-state index contributed by atoms with van der Waals surface area (Å²) < 4.78 is 16.6. The number of ether oxygens (including phenoxy) is 2. The Morgan fingerprint density at radius 1 is 1.06 bits per heavy atom. The van der Waals surface area contributed by atoms with Crippen LogP contribution in [0.2, 0.25) is 0 Å². The zero-order chi connectivity index (χ0) is 23.5. The molecule has 0 bridgehead atoms. The fraction of sp³-hybridized carbons (Fsp3) is 0.630. The molecular weight excluding hydrogens is 432 g/mol. The van der Waals surface area contributed by atoms with Crippen molar-refractivity contribution in [1.29, 1.82) is 0 Å². The molecule has 2 unspecified atom stereocenters. The number of hydrogen-bond acceptors (Lipinski definition) is 6.